The fraction of sp³-hybridized carbons (Fsp3) is 0.514. The molecule has 3 aromatic rings. The summed E-state index contributed by atoms with van der Waals surface area (Å²) in [5.41, 5.74) is 8.76. The monoisotopic (exact) mass is 622 g/mol. The number of fused-ring (bicyclic) bond motifs is 1. The van der Waals surface area contributed by atoms with Gasteiger partial charge in [0.25, 0.3) is 0 Å². The number of nitrogens with one attached hydrogen (secondary N) is 3. The summed E-state index contributed by atoms with van der Waals surface area (Å²) in [6, 6.07) is 15.9. The topological polar surface area (TPSA) is 145 Å². The molecule has 0 aliphatic heterocycles. The van der Waals surface area contributed by atoms with E-state index < -0.39 is 29.7 Å². The summed E-state index contributed by atoms with van der Waals surface area (Å²) in [5.74, 6) is -0.970. The number of amides is 1. The number of hydrogen-bond donors (Lipinski definition) is 4. The number of methoxy groups -OCH3 is 1. The van der Waals surface area contributed by atoms with Crippen LogP contribution in [0.2, 0.25) is 0 Å². The second-order valence-electron chi connectivity index (χ2n) is 12.3. The number of rotatable bonds is 18. The predicted octanol–water partition coefficient (Wildman–Crippen LogP) is 5.01. The Labute approximate surface area is 266 Å². The van der Waals surface area contributed by atoms with Crippen LogP contribution in [0.25, 0.3) is 10.9 Å². The van der Waals surface area contributed by atoms with Crippen LogP contribution >= 0.6 is 0 Å². The molecule has 2 unspecified atom stereocenters. The summed E-state index contributed by atoms with van der Waals surface area (Å²) in [6.45, 7) is 8.58. The minimum atomic E-state index is -0.688. The summed E-state index contributed by atoms with van der Waals surface area (Å²) in [7, 11) is 1.38. The number of benzene rings is 2. The van der Waals surface area contributed by atoms with Gasteiger partial charge >= 0.3 is 12.1 Å². The Morgan fingerprint density at radius 2 is 1.71 bits per heavy atom. The molecule has 0 fully saturated rings. The van der Waals surface area contributed by atoms with Crippen molar-refractivity contribution < 1.29 is 28.6 Å². The fourth-order valence-corrected chi connectivity index (χ4v) is 5.38. The second-order valence-corrected chi connectivity index (χ2v) is 12.3. The van der Waals surface area contributed by atoms with E-state index in [1.165, 1.54) is 7.11 Å². The van der Waals surface area contributed by atoms with Crippen LogP contribution in [0.15, 0.2) is 60.8 Å². The zero-order valence-electron chi connectivity index (χ0n) is 27.3. The molecule has 2 aromatic carbocycles. The summed E-state index contributed by atoms with van der Waals surface area (Å²) in [4.78, 5) is 42.1. The predicted molar refractivity (Wildman–Crippen MR) is 176 cm³/mol. The molecule has 5 N–H and O–H groups in total. The van der Waals surface area contributed by atoms with Crippen LogP contribution in [0.4, 0.5) is 4.79 Å². The third-order valence-electron chi connectivity index (χ3n) is 7.59. The van der Waals surface area contributed by atoms with Crippen molar-refractivity contribution in [3.05, 3.63) is 71.9 Å². The molecule has 0 aliphatic carbocycles. The molecule has 10 heteroatoms. The Morgan fingerprint density at radius 1 is 1.00 bits per heavy atom. The van der Waals surface area contributed by atoms with Gasteiger partial charge in [-0.2, -0.15) is 0 Å². The first-order valence-corrected chi connectivity index (χ1v) is 15.8. The number of unbranched alkanes of at least 4 members (excludes halogenated alkanes) is 1. The van der Waals surface area contributed by atoms with Crippen molar-refractivity contribution in [2.45, 2.75) is 89.4 Å². The minimum Gasteiger partial charge on any atom is -0.468 e. The lowest BCUT2D eigenvalue weighted by atomic mass is 9.84. The van der Waals surface area contributed by atoms with Crippen LogP contribution in [-0.4, -0.2) is 73.4 Å². The van der Waals surface area contributed by atoms with Crippen molar-refractivity contribution in [2.75, 3.05) is 26.9 Å². The molecule has 0 saturated carbocycles. The van der Waals surface area contributed by atoms with Crippen molar-refractivity contribution in [2.24, 2.45) is 5.73 Å². The van der Waals surface area contributed by atoms with E-state index in [1.807, 2.05) is 88.5 Å². The van der Waals surface area contributed by atoms with Gasteiger partial charge in [0.05, 0.1) is 19.8 Å². The molecule has 246 valence electrons. The molecule has 0 saturated heterocycles. The van der Waals surface area contributed by atoms with E-state index in [-0.39, 0.29) is 17.8 Å². The highest BCUT2D eigenvalue weighted by atomic mass is 16.6. The summed E-state index contributed by atoms with van der Waals surface area (Å²) in [5, 5.41) is 7.25. The van der Waals surface area contributed by atoms with E-state index in [0.717, 1.165) is 22.0 Å². The number of alkyl carbamates (subject to hydrolysis) is 1. The van der Waals surface area contributed by atoms with Gasteiger partial charge in [0.2, 0.25) is 0 Å². The fourth-order valence-electron chi connectivity index (χ4n) is 5.38. The van der Waals surface area contributed by atoms with Crippen molar-refractivity contribution in [1.82, 2.24) is 15.6 Å². The normalized spacial score (nSPS) is 14.4. The highest BCUT2D eigenvalue weighted by Crippen LogP contribution is 2.26. The molecule has 1 aromatic heterocycles. The number of esters is 1. The number of carbonyl (C=O) groups is 3. The number of carbonyl (C=O) groups excluding carboxylic acids is 3. The Kier molecular flexibility index (Phi) is 14.0. The van der Waals surface area contributed by atoms with Crippen LogP contribution in [0, 0.1) is 0 Å². The van der Waals surface area contributed by atoms with E-state index in [1.54, 1.807) is 0 Å². The molecule has 3 rings (SSSR count). The van der Waals surface area contributed by atoms with Gasteiger partial charge in [-0.3, -0.25) is 14.9 Å². The van der Waals surface area contributed by atoms with E-state index in [4.69, 9.17) is 19.9 Å². The van der Waals surface area contributed by atoms with Crippen LogP contribution < -0.4 is 16.4 Å². The van der Waals surface area contributed by atoms with Crippen LogP contribution in [0.1, 0.15) is 70.4 Å². The Bertz CT molecular complexity index is 1350. The van der Waals surface area contributed by atoms with E-state index in [0.29, 0.717) is 51.9 Å². The first-order chi connectivity index (χ1) is 21.5. The number of aromatic amines is 1. The third-order valence-corrected chi connectivity index (χ3v) is 7.59. The molecule has 0 spiro atoms. The number of ether oxygens (including phenoxy) is 3. The quantitative estimate of drug-likeness (QED) is 0.114. The zero-order chi connectivity index (χ0) is 32.8. The Hall–Kier alpha value is -3.73. The lowest BCUT2D eigenvalue weighted by Gasteiger charge is -2.29. The molecular formula is C35H50N4O6. The first kappa shape index (κ1) is 35.7. The van der Waals surface area contributed by atoms with E-state index in [2.05, 4.69) is 15.6 Å². The van der Waals surface area contributed by atoms with Crippen LogP contribution in [0.5, 0.6) is 0 Å². The molecule has 10 nitrogen and oxygen atoms in total. The molecule has 45 heavy (non-hydrogen) atoms. The van der Waals surface area contributed by atoms with Crippen LogP contribution in [-0.2, 0) is 30.2 Å². The van der Waals surface area contributed by atoms with Gasteiger partial charge in [-0.1, -0.05) is 48.5 Å². The van der Waals surface area contributed by atoms with Crippen molar-refractivity contribution in [3.8, 4) is 0 Å². The van der Waals surface area contributed by atoms with Gasteiger partial charge in [0, 0.05) is 48.6 Å². The molecule has 0 aliphatic rings. The summed E-state index contributed by atoms with van der Waals surface area (Å²) in [6.07, 6.45) is 4.05. The molecule has 1 amide bonds. The third kappa shape index (κ3) is 11.6. The molecular weight excluding hydrogens is 572 g/mol. The maximum atomic E-state index is 13.9. The Balaban J connectivity index is 1.71. The van der Waals surface area contributed by atoms with E-state index >= 15 is 0 Å². The standard InChI is InChI=1S/C35H50N4O6/c1-6-44-23-26(39-31(33(41)43-5)20-25-22-38-30-18-11-10-16-27(25)30)21-28(24-14-8-7-9-15-24)32(40)29(36)17-12-13-19-37-34(42)45-35(2,3)4/h7-11,14-16,18,22,26,28-29,31,38-39H,6,12-13,17,19-21,23,36H2,1-5H3,(H,37,42)/t26?,28?,29-,31-/m0/s1. The number of Topliss-reactive ketones (excluding diaryl/α,β-unsaturated/α-hetero) is 1. The Morgan fingerprint density at radius 3 is 2.40 bits per heavy atom. The van der Waals surface area contributed by atoms with Crippen molar-refractivity contribution in [1.29, 1.82) is 0 Å². The molecule has 0 bridgehead atoms. The van der Waals surface area contributed by atoms with Gasteiger partial charge in [0.1, 0.15) is 11.6 Å². The molecule has 4 atom stereocenters. The highest BCUT2D eigenvalue weighted by Gasteiger charge is 2.31. The molecule has 1 heterocycles. The van der Waals surface area contributed by atoms with Gasteiger partial charge < -0.3 is 30.2 Å². The number of aromatic nitrogens is 1. The lowest BCUT2D eigenvalue weighted by molar-refractivity contribution is -0.143. The van der Waals surface area contributed by atoms with Crippen molar-refractivity contribution in [3.63, 3.8) is 0 Å². The molecule has 0 radical (unpaired) electrons. The number of hydrogen-bond acceptors (Lipinski definition) is 8. The van der Waals surface area contributed by atoms with Crippen LogP contribution in [0.3, 0.4) is 0 Å². The average Bonchev–Trinajstić information content (AvgIpc) is 3.43. The second kappa shape index (κ2) is 17.7. The number of ketones is 1. The van der Waals surface area contributed by atoms with Gasteiger partial charge in [-0.05, 0) is 70.6 Å². The number of nitrogens with two attached hydrogens (primary N) is 1. The summed E-state index contributed by atoms with van der Waals surface area (Å²) >= 11 is 0. The first-order valence-electron chi connectivity index (χ1n) is 15.8. The lowest BCUT2D eigenvalue weighted by Crippen LogP contribution is -2.48. The maximum absolute atomic E-state index is 13.9. The zero-order valence-corrected chi connectivity index (χ0v) is 27.3. The van der Waals surface area contributed by atoms with E-state index in [9.17, 15) is 14.4 Å². The maximum Gasteiger partial charge on any atom is 0.407 e. The smallest absolute Gasteiger partial charge is 0.407 e. The number of H-pyrrole nitrogens is 1. The largest absolute Gasteiger partial charge is 0.468 e. The number of para-hydroxylation sites is 1. The van der Waals surface area contributed by atoms with Gasteiger partial charge in [0.15, 0.2) is 5.78 Å². The minimum absolute atomic E-state index is 0.0733. The SMILES string of the molecule is CCOCC(CC(C(=O)[C@@H](N)CCCCNC(=O)OC(C)(C)C)c1ccccc1)N[C@@H](Cc1c[nH]c2ccccc12)C(=O)OC. The van der Waals surface area contributed by atoms with Crippen molar-refractivity contribution >= 4 is 28.7 Å². The average molecular weight is 623 g/mol. The summed E-state index contributed by atoms with van der Waals surface area (Å²) < 4.78 is 16.3. The highest BCUT2D eigenvalue weighted by molar-refractivity contribution is 5.90. The van der Waals surface area contributed by atoms with Gasteiger partial charge in [-0.25, -0.2) is 4.79 Å². The van der Waals surface area contributed by atoms with Gasteiger partial charge in [-0.15, -0.1) is 0 Å².